The van der Waals surface area contributed by atoms with E-state index in [0.29, 0.717) is 23.5 Å². The molecule has 2 aliphatic heterocycles. The number of piperidine rings is 1. The molecule has 2 atom stereocenters. The summed E-state index contributed by atoms with van der Waals surface area (Å²) in [4.78, 5) is 51.1. The summed E-state index contributed by atoms with van der Waals surface area (Å²) in [5.74, 6) is -0.541. The summed E-state index contributed by atoms with van der Waals surface area (Å²) in [6, 6.07) is 6.91. The van der Waals surface area contributed by atoms with E-state index in [9.17, 15) is 14.4 Å². The van der Waals surface area contributed by atoms with Gasteiger partial charge in [0.2, 0.25) is 0 Å². The van der Waals surface area contributed by atoms with Gasteiger partial charge in [0.15, 0.2) is 0 Å². The van der Waals surface area contributed by atoms with Crippen LogP contribution in [0.3, 0.4) is 0 Å². The number of urea groups is 2. The van der Waals surface area contributed by atoms with Gasteiger partial charge >= 0.3 is 18.0 Å². The number of imide groups is 1. The number of methoxy groups -OCH3 is 1. The minimum absolute atomic E-state index is 0.197. The number of likely N-dealkylation sites (tertiary alicyclic amines) is 1. The van der Waals surface area contributed by atoms with Gasteiger partial charge in [-0.05, 0) is 81.0 Å². The van der Waals surface area contributed by atoms with E-state index in [1.807, 2.05) is 13.0 Å². The Morgan fingerprint density at radius 2 is 1.73 bits per heavy atom. The van der Waals surface area contributed by atoms with Crippen molar-refractivity contribution >= 4 is 29.4 Å². The fourth-order valence-corrected chi connectivity index (χ4v) is 6.60. The minimum atomic E-state index is -0.967. The number of carbonyl (C=O) groups excluding carboxylic acids is 3. The number of esters is 1. The normalized spacial score (nSPS) is 21.0. The number of nitrogens with zero attached hydrogens (tertiary/aromatic N) is 4. The zero-order valence-electron chi connectivity index (χ0n) is 30.1. The van der Waals surface area contributed by atoms with E-state index in [2.05, 4.69) is 69.2 Å². The first-order valence-corrected chi connectivity index (χ1v) is 17.7. The Morgan fingerprint density at radius 1 is 1.06 bits per heavy atom. The van der Waals surface area contributed by atoms with E-state index >= 15 is 0 Å². The van der Waals surface area contributed by atoms with E-state index in [1.54, 1.807) is 26.1 Å². The molecule has 0 aromatic heterocycles. The van der Waals surface area contributed by atoms with E-state index in [0.717, 1.165) is 50.5 Å². The highest BCUT2D eigenvalue weighted by atomic mass is 16.8. The summed E-state index contributed by atoms with van der Waals surface area (Å²) >= 11 is 0. The second-order valence-electron chi connectivity index (χ2n) is 13.1. The maximum Gasteiger partial charge on any atom is 0.337 e. The van der Waals surface area contributed by atoms with Crippen LogP contribution in [0.4, 0.5) is 15.3 Å². The summed E-state index contributed by atoms with van der Waals surface area (Å²) in [5.41, 5.74) is 6.92. The molecule has 12 nitrogen and oxygen atoms in total. The quantitative estimate of drug-likeness (QED) is 0.164. The molecule has 1 aromatic carbocycles. The van der Waals surface area contributed by atoms with Crippen molar-refractivity contribution in [2.24, 2.45) is 17.0 Å². The van der Waals surface area contributed by atoms with E-state index in [-0.39, 0.29) is 17.4 Å². The lowest BCUT2D eigenvalue weighted by Gasteiger charge is -2.38. The first-order valence-electron chi connectivity index (χ1n) is 17.7. The second-order valence-corrected chi connectivity index (χ2v) is 13.1. The van der Waals surface area contributed by atoms with Crippen LogP contribution < -0.4 is 21.0 Å². The van der Waals surface area contributed by atoms with Crippen molar-refractivity contribution in [2.45, 2.75) is 78.8 Å². The Balaban J connectivity index is 1.36. The molecule has 0 radical (unpaired) electrons. The van der Waals surface area contributed by atoms with Gasteiger partial charge in [-0.25, -0.2) is 19.3 Å². The molecule has 4 amide bonds. The summed E-state index contributed by atoms with van der Waals surface area (Å²) in [6.45, 7) is 13.4. The number of oxime groups is 1. The Morgan fingerprint density at radius 3 is 2.33 bits per heavy atom. The minimum Gasteiger partial charge on any atom is -0.466 e. The molecule has 1 fully saturated rings. The third-order valence-corrected chi connectivity index (χ3v) is 9.51. The highest BCUT2D eigenvalue weighted by Crippen LogP contribution is 2.31. The van der Waals surface area contributed by atoms with Crippen molar-refractivity contribution in [1.82, 2.24) is 25.9 Å². The molecule has 12 heteroatoms. The van der Waals surface area contributed by atoms with Crippen LogP contribution in [-0.4, -0.2) is 86.5 Å². The van der Waals surface area contributed by atoms with Crippen LogP contribution in [0.2, 0.25) is 0 Å². The number of benzene rings is 1. The number of anilines is 1. The SMILES string of the molecule is CCCCN(CCCC)c1ccc(CN2CCC(CNC(=O)N3C(=O)NC(C)=C(C(=O)OC)C3C3=CC(C)/C(=N\ONC)C=C3)CC2)cc1. The van der Waals surface area contributed by atoms with Gasteiger partial charge in [-0.3, -0.25) is 9.84 Å². The fourth-order valence-electron chi connectivity index (χ4n) is 6.60. The standard InChI is InChI=1S/C37H55N7O5/c1-7-9-19-43(20-10-8-2)31-14-11-29(12-15-31)25-42-21-17-28(18-22-42)24-39-36(46)44-34(33(35(45)48-6)27(4)40-37(44)47)30-13-16-32(26(3)23-30)41-49-38-5/h11-16,23,26,28,34,38H,7-10,17-22,24-25H2,1-6H3,(H,39,46)(H,40,47)/b41-32-. The average Bonchev–Trinajstić information content (AvgIpc) is 3.10. The number of nitrogens with one attached hydrogen (secondary N) is 3. The summed E-state index contributed by atoms with van der Waals surface area (Å²) in [6.07, 6.45) is 12.0. The van der Waals surface area contributed by atoms with Crippen molar-refractivity contribution in [3.05, 3.63) is 64.9 Å². The second kappa shape index (κ2) is 18.6. The molecule has 49 heavy (non-hydrogen) atoms. The molecule has 268 valence electrons. The zero-order chi connectivity index (χ0) is 35.3. The van der Waals surface area contributed by atoms with Crippen molar-refractivity contribution in [3.8, 4) is 0 Å². The molecule has 1 aromatic rings. The van der Waals surface area contributed by atoms with Gasteiger partial charge in [0.05, 0.1) is 18.4 Å². The highest BCUT2D eigenvalue weighted by molar-refractivity contribution is 6.04. The molecule has 2 unspecified atom stereocenters. The smallest absolute Gasteiger partial charge is 0.337 e. The van der Waals surface area contributed by atoms with Crippen molar-refractivity contribution in [3.63, 3.8) is 0 Å². The largest absolute Gasteiger partial charge is 0.466 e. The molecule has 0 spiro atoms. The number of hydrogen-bond donors (Lipinski definition) is 3. The van der Waals surface area contributed by atoms with Crippen LogP contribution in [0.1, 0.15) is 71.8 Å². The fraction of sp³-hybridized carbons (Fsp3) is 0.568. The number of allylic oxidation sites excluding steroid dienone is 3. The molecule has 3 N–H and O–H groups in total. The monoisotopic (exact) mass is 677 g/mol. The summed E-state index contributed by atoms with van der Waals surface area (Å²) < 4.78 is 5.08. The maximum absolute atomic E-state index is 13.7. The Hall–Kier alpha value is -4.16. The lowest BCUT2D eigenvalue weighted by molar-refractivity contribution is -0.136. The van der Waals surface area contributed by atoms with Gasteiger partial charge in [0.1, 0.15) is 6.04 Å². The van der Waals surface area contributed by atoms with Crippen molar-refractivity contribution in [1.29, 1.82) is 0 Å². The zero-order valence-corrected chi connectivity index (χ0v) is 30.1. The molecule has 4 rings (SSSR count). The topological polar surface area (TPSA) is 128 Å². The van der Waals surface area contributed by atoms with Crippen LogP contribution in [0.15, 0.2) is 64.5 Å². The molecular weight excluding hydrogens is 622 g/mol. The summed E-state index contributed by atoms with van der Waals surface area (Å²) in [7, 11) is 2.89. The molecule has 0 bridgehead atoms. The third kappa shape index (κ3) is 9.95. The number of amides is 4. The predicted octanol–water partition coefficient (Wildman–Crippen LogP) is 5.49. The van der Waals surface area contributed by atoms with E-state index < -0.39 is 24.1 Å². The van der Waals surface area contributed by atoms with Gasteiger partial charge in [0.25, 0.3) is 0 Å². The lowest BCUT2D eigenvalue weighted by atomic mass is 9.87. The van der Waals surface area contributed by atoms with Crippen molar-refractivity contribution in [2.75, 3.05) is 51.8 Å². The summed E-state index contributed by atoms with van der Waals surface area (Å²) in [5, 5.41) is 9.72. The first kappa shape index (κ1) is 37.7. The molecule has 2 heterocycles. The van der Waals surface area contributed by atoms with Crippen LogP contribution >= 0.6 is 0 Å². The first-order chi connectivity index (χ1) is 23.7. The van der Waals surface area contributed by atoms with Gasteiger partial charge in [-0.1, -0.05) is 63.1 Å². The van der Waals surface area contributed by atoms with Gasteiger partial charge in [-0.15, -0.1) is 5.48 Å². The van der Waals surface area contributed by atoms with E-state index in [4.69, 9.17) is 9.68 Å². The number of carbonyl (C=O) groups is 3. The van der Waals surface area contributed by atoms with Gasteiger partial charge in [-0.2, -0.15) is 0 Å². The van der Waals surface area contributed by atoms with Crippen LogP contribution in [0.5, 0.6) is 0 Å². The predicted molar refractivity (Wildman–Crippen MR) is 193 cm³/mol. The Labute approximate surface area is 291 Å². The molecule has 3 aliphatic rings. The third-order valence-electron chi connectivity index (χ3n) is 9.51. The Kier molecular flexibility index (Phi) is 14.3. The molecule has 1 aliphatic carbocycles. The molecule has 1 saturated heterocycles. The number of hydroxylamine groups is 1. The van der Waals surface area contributed by atoms with Crippen LogP contribution in [0.25, 0.3) is 0 Å². The van der Waals surface area contributed by atoms with Crippen LogP contribution in [-0.2, 0) is 21.0 Å². The van der Waals surface area contributed by atoms with Gasteiger partial charge < -0.3 is 20.3 Å². The van der Waals surface area contributed by atoms with Crippen LogP contribution in [0, 0.1) is 11.8 Å². The van der Waals surface area contributed by atoms with Crippen molar-refractivity contribution < 1.29 is 24.1 Å². The molecular formula is C37H55N7O5. The number of rotatable bonds is 15. The molecule has 0 saturated carbocycles. The van der Waals surface area contributed by atoms with Gasteiger partial charge in [0, 0.05) is 50.5 Å². The van der Waals surface area contributed by atoms with E-state index in [1.165, 1.54) is 44.0 Å². The lowest BCUT2D eigenvalue weighted by Crippen LogP contribution is -2.59. The maximum atomic E-state index is 13.7. The number of hydrogen-bond acceptors (Lipinski definition) is 9. The number of ether oxygens (including phenoxy) is 1. The number of unbranched alkanes of at least 4 members (excludes halogenated alkanes) is 2. The Bertz CT molecular complexity index is 1400. The highest BCUT2D eigenvalue weighted by Gasteiger charge is 2.43. The average molecular weight is 678 g/mol.